The average Bonchev–Trinajstić information content (AvgIpc) is 2.51. The monoisotopic (exact) mass is 432 g/mol. The average molecular weight is 433 g/mol. The van der Waals surface area contributed by atoms with Crippen LogP contribution in [0.3, 0.4) is 0 Å². The lowest BCUT2D eigenvalue weighted by molar-refractivity contribution is 0.0449. The van der Waals surface area contributed by atoms with Gasteiger partial charge in [-0.25, -0.2) is 9.59 Å². The molecule has 0 aliphatic carbocycles. The van der Waals surface area contributed by atoms with Crippen LogP contribution in [-0.4, -0.2) is 84.1 Å². The highest BCUT2D eigenvalue weighted by Gasteiger charge is 2.25. The van der Waals surface area contributed by atoms with Crippen LogP contribution in [0.1, 0.15) is 54.4 Å². The van der Waals surface area contributed by atoms with Gasteiger partial charge < -0.3 is 41.0 Å². The van der Waals surface area contributed by atoms with E-state index in [1.165, 1.54) is 0 Å². The molecule has 0 radical (unpaired) electrons. The fourth-order valence-electron chi connectivity index (χ4n) is 3.01. The predicted molar refractivity (Wildman–Crippen MR) is 113 cm³/mol. The standard InChI is InChI=1S/2C10H20N2O3/c2*1-10(2,3)15-9(14)12-7-4-8(13)6-11-5-7/h2*7-8,11,13H,4-6H2,1-3H3,(H,12,14)/t2*7-,8-/m10/s1. The topological polar surface area (TPSA) is 141 Å². The highest BCUT2D eigenvalue weighted by Crippen LogP contribution is 2.09. The molecule has 10 nitrogen and oxygen atoms in total. The molecule has 0 aromatic rings. The molecule has 0 aromatic carbocycles. The predicted octanol–water partition coefficient (Wildman–Crippen LogP) is 0.468. The zero-order valence-electron chi connectivity index (χ0n) is 19.1. The van der Waals surface area contributed by atoms with Crippen molar-refractivity contribution in [3.63, 3.8) is 0 Å². The first-order valence-corrected chi connectivity index (χ1v) is 10.5. The molecule has 10 heteroatoms. The third-order valence-electron chi connectivity index (χ3n) is 4.10. The summed E-state index contributed by atoms with van der Waals surface area (Å²) >= 11 is 0. The van der Waals surface area contributed by atoms with Crippen molar-refractivity contribution in [1.82, 2.24) is 21.3 Å². The molecule has 2 heterocycles. The van der Waals surface area contributed by atoms with Gasteiger partial charge in [0.05, 0.1) is 12.2 Å². The molecule has 176 valence electrons. The van der Waals surface area contributed by atoms with Crippen LogP contribution in [0.2, 0.25) is 0 Å². The first-order chi connectivity index (χ1) is 13.7. The number of hydrogen-bond acceptors (Lipinski definition) is 8. The van der Waals surface area contributed by atoms with Crippen LogP contribution in [0.4, 0.5) is 9.59 Å². The summed E-state index contributed by atoms with van der Waals surface area (Å²) in [7, 11) is 0. The number of aliphatic hydroxyl groups is 2. The summed E-state index contributed by atoms with van der Waals surface area (Å²) in [4.78, 5) is 22.8. The normalized spacial score (nSPS) is 27.2. The van der Waals surface area contributed by atoms with E-state index >= 15 is 0 Å². The number of ether oxygens (including phenoxy) is 2. The van der Waals surface area contributed by atoms with Crippen molar-refractivity contribution in [2.45, 2.75) is 89.9 Å². The van der Waals surface area contributed by atoms with Crippen LogP contribution >= 0.6 is 0 Å². The van der Waals surface area contributed by atoms with Crippen molar-refractivity contribution in [1.29, 1.82) is 0 Å². The Morgan fingerprint density at radius 2 is 1.07 bits per heavy atom. The number of hydrogen-bond donors (Lipinski definition) is 6. The molecule has 2 fully saturated rings. The molecular weight excluding hydrogens is 392 g/mol. The van der Waals surface area contributed by atoms with Gasteiger partial charge in [0.25, 0.3) is 0 Å². The van der Waals surface area contributed by atoms with Crippen molar-refractivity contribution in [2.75, 3.05) is 26.2 Å². The molecule has 0 unspecified atom stereocenters. The number of carbonyl (C=O) groups is 2. The zero-order valence-corrected chi connectivity index (χ0v) is 19.1. The molecule has 6 N–H and O–H groups in total. The highest BCUT2D eigenvalue weighted by atomic mass is 16.6. The van der Waals surface area contributed by atoms with Gasteiger partial charge in [0.15, 0.2) is 0 Å². The van der Waals surface area contributed by atoms with Gasteiger partial charge in [0.2, 0.25) is 0 Å². The molecule has 2 saturated heterocycles. The van der Waals surface area contributed by atoms with E-state index in [1.807, 2.05) is 41.5 Å². The van der Waals surface area contributed by atoms with E-state index in [1.54, 1.807) is 0 Å². The van der Waals surface area contributed by atoms with E-state index in [0.717, 1.165) is 0 Å². The summed E-state index contributed by atoms with van der Waals surface area (Å²) in [6.07, 6.45) is -0.484. The van der Waals surface area contributed by atoms with Crippen molar-refractivity contribution < 1.29 is 29.3 Å². The number of β-amino-alcohol motifs (C(OH)–C–C–N with tert-alkyl or cyclic N) is 2. The van der Waals surface area contributed by atoms with Gasteiger partial charge in [-0.1, -0.05) is 0 Å². The van der Waals surface area contributed by atoms with Gasteiger partial charge in [-0.3, -0.25) is 0 Å². The minimum Gasteiger partial charge on any atom is -0.444 e. The summed E-state index contributed by atoms with van der Waals surface area (Å²) in [5.74, 6) is 0. The number of rotatable bonds is 2. The fourth-order valence-corrected chi connectivity index (χ4v) is 3.01. The minimum absolute atomic E-state index is 0.0522. The van der Waals surface area contributed by atoms with Crippen LogP contribution in [0.25, 0.3) is 0 Å². The number of alkyl carbamates (subject to hydrolysis) is 2. The molecule has 2 aliphatic heterocycles. The Kier molecular flexibility index (Phi) is 10.3. The second kappa shape index (κ2) is 11.7. The first kappa shape index (κ1) is 26.4. The largest absolute Gasteiger partial charge is 0.444 e. The number of carbonyl (C=O) groups excluding carboxylic acids is 2. The summed E-state index contributed by atoms with van der Waals surface area (Å²) in [6, 6.07) is -0.104. The van der Waals surface area contributed by atoms with Crippen LogP contribution in [0.15, 0.2) is 0 Å². The molecule has 2 rings (SSSR count). The molecular formula is C20H40N4O6. The van der Waals surface area contributed by atoms with Crippen molar-refractivity contribution in [3.05, 3.63) is 0 Å². The Labute approximate surface area is 179 Å². The Bertz CT molecular complexity index is 498. The van der Waals surface area contributed by atoms with Crippen LogP contribution in [0, 0.1) is 0 Å². The molecule has 4 atom stereocenters. The number of amides is 2. The number of nitrogens with one attached hydrogen (secondary N) is 4. The maximum Gasteiger partial charge on any atom is 0.407 e. The van der Waals surface area contributed by atoms with Gasteiger partial charge in [-0.2, -0.15) is 0 Å². The first-order valence-electron chi connectivity index (χ1n) is 10.5. The van der Waals surface area contributed by atoms with Gasteiger partial charge in [0, 0.05) is 38.3 Å². The Morgan fingerprint density at radius 1 is 0.733 bits per heavy atom. The molecule has 0 aromatic heterocycles. The van der Waals surface area contributed by atoms with Crippen LogP contribution < -0.4 is 21.3 Å². The van der Waals surface area contributed by atoms with Gasteiger partial charge in [-0.05, 0) is 54.4 Å². The molecule has 0 saturated carbocycles. The zero-order chi connectivity index (χ0) is 22.9. The smallest absolute Gasteiger partial charge is 0.407 e. The molecule has 0 bridgehead atoms. The van der Waals surface area contributed by atoms with E-state index in [4.69, 9.17) is 9.47 Å². The third kappa shape index (κ3) is 12.8. The van der Waals surface area contributed by atoms with Crippen LogP contribution in [-0.2, 0) is 9.47 Å². The lowest BCUT2D eigenvalue weighted by Crippen LogP contribution is -2.51. The Morgan fingerprint density at radius 3 is 1.33 bits per heavy atom. The molecule has 30 heavy (non-hydrogen) atoms. The quantitative estimate of drug-likeness (QED) is 0.370. The third-order valence-corrected chi connectivity index (χ3v) is 4.10. The lowest BCUT2D eigenvalue weighted by Gasteiger charge is -2.28. The second-order valence-corrected chi connectivity index (χ2v) is 9.78. The second-order valence-electron chi connectivity index (χ2n) is 9.78. The Balaban J connectivity index is 0.000000300. The SMILES string of the molecule is CC(C)(C)OC(=O)N[C@@H]1CNC[C@@H](O)C1.CC(C)(C)OC(=O)N[C@H]1CNC[C@H](O)C1. The van der Waals surface area contributed by atoms with Crippen molar-refractivity contribution >= 4 is 12.2 Å². The molecule has 2 amide bonds. The van der Waals surface area contributed by atoms with Crippen LogP contribution in [0.5, 0.6) is 0 Å². The number of aliphatic hydroxyl groups excluding tert-OH is 2. The van der Waals surface area contributed by atoms with Gasteiger partial charge in [0.1, 0.15) is 11.2 Å². The van der Waals surface area contributed by atoms with Crippen molar-refractivity contribution in [2.24, 2.45) is 0 Å². The number of piperidine rings is 2. The summed E-state index contributed by atoms with van der Waals surface area (Å²) in [5, 5.41) is 30.3. The van der Waals surface area contributed by atoms with E-state index in [0.29, 0.717) is 39.0 Å². The molecule has 2 aliphatic rings. The Hall–Kier alpha value is -1.62. The van der Waals surface area contributed by atoms with E-state index in [2.05, 4.69) is 21.3 Å². The van der Waals surface area contributed by atoms with Gasteiger partial charge >= 0.3 is 12.2 Å². The summed E-state index contributed by atoms with van der Waals surface area (Å²) in [5.41, 5.74) is -0.963. The van der Waals surface area contributed by atoms with E-state index in [9.17, 15) is 19.8 Å². The minimum atomic E-state index is -0.481. The maximum absolute atomic E-state index is 11.4. The van der Waals surface area contributed by atoms with E-state index < -0.39 is 35.6 Å². The van der Waals surface area contributed by atoms with Gasteiger partial charge in [-0.15, -0.1) is 0 Å². The maximum atomic E-state index is 11.4. The summed E-state index contributed by atoms with van der Waals surface area (Å²) < 4.78 is 10.2. The fraction of sp³-hybridized carbons (Fsp3) is 0.900. The van der Waals surface area contributed by atoms with Crippen molar-refractivity contribution in [3.8, 4) is 0 Å². The van der Waals surface area contributed by atoms with E-state index in [-0.39, 0.29) is 12.1 Å². The lowest BCUT2D eigenvalue weighted by atomic mass is 10.1. The summed E-state index contributed by atoms with van der Waals surface area (Å²) in [6.45, 7) is 13.5. The molecule has 0 spiro atoms. The highest BCUT2D eigenvalue weighted by molar-refractivity contribution is 5.68.